The first kappa shape index (κ1) is 19.5. The van der Waals surface area contributed by atoms with E-state index in [0.29, 0.717) is 13.2 Å². The molecule has 0 amide bonds. The summed E-state index contributed by atoms with van der Waals surface area (Å²) >= 11 is 1.70. The Morgan fingerprint density at radius 2 is 1.70 bits per heavy atom. The number of fused-ring (bicyclic) bond motifs is 1. The van der Waals surface area contributed by atoms with E-state index in [2.05, 4.69) is 49.4 Å². The summed E-state index contributed by atoms with van der Waals surface area (Å²) < 4.78 is 5.55. The van der Waals surface area contributed by atoms with Gasteiger partial charge in [-0.25, -0.2) is 15.0 Å². The molecule has 2 aromatic heterocycles. The second-order valence-electron chi connectivity index (χ2n) is 7.33. The molecule has 2 aliphatic rings. The third-order valence-corrected chi connectivity index (χ3v) is 6.40. The molecule has 8 nitrogen and oxygen atoms in total. The first-order chi connectivity index (χ1) is 14.9. The lowest BCUT2D eigenvalue weighted by molar-refractivity contribution is 0.122. The smallest absolute Gasteiger partial charge is 0.228 e. The van der Waals surface area contributed by atoms with Gasteiger partial charge in [0.1, 0.15) is 22.4 Å². The number of ether oxygens (including phenoxy) is 1. The van der Waals surface area contributed by atoms with Crippen molar-refractivity contribution in [3.8, 4) is 0 Å². The van der Waals surface area contributed by atoms with E-state index in [1.165, 1.54) is 5.56 Å². The number of rotatable bonds is 5. The van der Waals surface area contributed by atoms with Crippen molar-refractivity contribution < 1.29 is 4.74 Å². The maximum atomic E-state index is 5.55. The fraction of sp³-hybridized carbons (Fsp3) is 0.429. The van der Waals surface area contributed by atoms with Crippen molar-refractivity contribution in [1.29, 1.82) is 0 Å². The van der Waals surface area contributed by atoms with Crippen molar-refractivity contribution in [1.82, 2.24) is 25.3 Å². The van der Waals surface area contributed by atoms with E-state index in [9.17, 15) is 0 Å². The Bertz CT molecular complexity index is 991. The molecule has 1 aromatic carbocycles. The van der Waals surface area contributed by atoms with E-state index in [-0.39, 0.29) is 0 Å². The quantitative estimate of drug-likeness (QED) is 0.489. The largest absolute Gasteiger partial charge is 0.378 e. The molecule has 0 atom stereocenters. The van der Waals surface area contributed by atoms with Crippen LogP contribution in [0.4, 0.5) is 11.8 Å². The molecule has 5 rings (SSSR count). The van der Waals surface area contributed by atoms with Crippen LogP contribution < -0.4 is 15.1 Å². The van der Waals surface area contributed by atoms with Crippen LogP contribution in [-0.4, -0.2) is 72.4 Å². The topological polar surface area (TPSA) is 79.3 Å². The molecule has 1 N–H and O–H groups in total. The molecule has 0 spiro atoms. The van der Waals surface area contributed by atoms with Gasteiger partial charge in [-0.1, -0.05) is 42.1 Å². The highest BCUT2D eigenvalue weighted by atomic mass is 32.2. The zero-order chi connectivity index (χ0) is 20.2. The average Bonchev–Trinajstić information content (AvgIpc) is 2.84. The van der Waals surface area contributed by atoms with Gasteiger partial charge in [0.25, 0.3) is 0 Å². The second kappa shape index (κ2) is 9.11. The van der Waals surface area contributed by atoms with E-state index in [0.717, 1.165) is 72.8 Å². The van der Waals surface area contributed by atoms with Gasteiger partial charge in [0.05, 0.1) is 13.2 Å². The van der Waals surface area contributed by atoms with Crippen LogP contribution in [0.1, 0.15) is 5.56 Å². The monoisotopic (exact) mass is 423 g/mol. The molecule has 0 radical (unpaired) electrons. The first-order valence-corrected chi connectivity index (χ1v) is 11.3. The Labute approximate surface area is 180 Å². The number of benzene rings is 1. The summed E-state index contributed by atoms with van der Waals surface area (Å²) in [6.45, 7) is 6.70. The highest BCUT2D eigenvalue weighted by Crippen LogP contribution is 2.32. The summed E-state index contributed by atoms with van der Waals surface area (Å²) in [6, 6.07) is 10.4. The van der Waals surface area contributed by atoms with Gasteiger partial charge in [0.2, 0.25) is 5.95 Å². The van der Waals surface area contributed by atoms with Crippen LogP contribution >= 0.6 is 11.8 Å². The van der Waals surface area contributed by atoms with Crippen LogP contribution in [-0.2, 0) is 10.5 Å². The number of thioether (sulfide) groups is 1. The number of hydrogen-bond donors (Lipinski definition) is 1. The summed E-state index contributed by atoms with van der Waals surface area (Å²) in [5.74, 6) is 2.50. The fourth-order valence-electron chi connectivity index (χ4n) is 3.73. The molecule has 0 unspecified atom stereocenters. The molecule has 9 heteroatoms. The molecule has 2 saturated heterocycles. The normalized spacial score (nSPS) is 17.5. The molecule has 0 bridgehead atoms. The molecule has 30 heavy (non-hydrogen) atoms. The van der Waals surface area contributed by atoms with E-state index in [1.54, 1.807) is 18.1 Å². The number of aromatic nitrogens is 4. The fourth-order valence-corrected chi connectivity index (χ4v) is 4.63. The summed E-state index contributed by atoms with van der Waals surface area (Å²) in [4.78, 5) is 23.6. The third kappa shape index (κ3) is 4.19. The van der Waals surface area contributed by atoms with E-state index in [1.807, 2.05) is 6.07 Å². The van der Waals surface area contributed by atoms with Crippen molar-refractivity contribution >= 4 is 34.6 Å². The van der Waals surface area contributed by atoms with Gasteiger partial charge in [-0.3, -0.25) is 0 Å². The molecule has 4 heterocycles. The standard InChI is InChI=1S/C21H25N7OS/c1-2-4-16(5-3-1)14-30-20-18-17(23-15-24-20)19(27-10-12-29-13-11-27)26-21(25-18)28-8-6-22-7-9-28/h1-5,15,22H,6-14H2. The van der Waals surface area contributed by atoms with E-state index in [4.69, 9.17) is 14.7 Å². The summed E-state index contributed by atoms with van der Waals surface area (Å²) in [6.07, 6.45) is 1.63. The zero-order valence-electron chi connectivity index (χ0n) is 16.8. The van der Waals surface area contributed by atoms with Crippen molar-refractivity contribution in [2.75, 3.05) is 62.3 Å². The van der Waals surface area contributed by atoms with Crippen molar-refractivity contribution in [3.63, 3.8) is 0 Å². The maximum absolute atomic E-state index is 5.55. The van der Waals surface area contributed by atoms with Gasteiger partial charge < -0.3 is 19.9 Å². The summed E-state index contributed by atoms with van der Waals surface area (Å²) in [7, 11) is 0. The molecule has 0 saturated carbocycles. The molecular formula is C21H25N7OS. The minimum absolute atomic E-state index is 0.704. The van der Waals surface area contributed by atoms with Gasteiger partial charge in [-0.15, -0.1) is 0 Å². The van der Waals surface area contributed by atoms with E-state index >= 15 is 0 Å². The van der Waals surface area contributed by atoms with Gasteiger partial charge in [-0.2, -0.15) is 4.98 Å². The number of hydrogen-bond acceptors (Lipinski definition) is 9. The molecule has 2 fully saturated rings. The molecular weight excluding hydrogens is 398 g/mol. The second-order valence-corrected chi connectivity index (χ2v) is 8.30. The first-order valence-electron chi connectivity index (χ1n) is 10.4. The third-order valence-electron chi connectivity index (χ3n) is 5.35. The Balaban J connectivity index is 1.55. The number of anilines is 2. The van der Waals surface area contributed by atoms with Crippen LogP contribution in [0.3, 0.4) is 0 Å². The highest BCUT2D eigenvalue weighted by molar-refractivity contribution is 7.98. The lowest BCUT2D eigenvalue weighted by atomic mass is 10.2. The van der Waals surface area contributed by atoms with Crippen LogP contribution in [0.2, 0.25) is 0 Å². The summed E-state index contributed by atoms with van der Waals surface area (Å²) in [5.41, 5.74) is 2.92. The van der Waals surface area contributed by atoms with Gasteiger partial charge >= 0.3 is 0 Å². The number of nitrogens with zero attached hydrogens (tertiary/aromatic N) is 6. The lowest BCUT2D eigenvalue weighted by Gasteiger charge is -2.31. The zero-order valence-corrected chi connectivity index (χ0v) is 17.6. The number of morpholine rings is 1. The predicted molar refractivity (Wildman–Crippen MR) is 119 cm³/mol. The molecule has 3 aromatic rings. The molecule has 0 aliphatic carbocycles. The minimum atomic E-state index is 0.704. The minimum Gasteiger partial charge on any atom is -0.378 e. The van der Waals surface area contributed by atoms with Crippen LogP contribution in [0, 0.1) is 0 Å². The summed E-state index contributed by atoms with van der Waals surface area (Å²) in [5, 5.41) is 4.30. The van der Waals surface area contributed by atoms with Crippen LogP contribution in [0.15, 0.2) is 41.7 Å². The lowest BCUT2D eigenvalue weighted by Crippen LogP contribution is -2.44. The van der Waals surface area contributed by atoms with Crippen molar-refractivity contribution in [3.05, 3.63) is 42.2 Å². The Morgan fingerprint density at radius 1 is 0.900 bits per heavy atom. The van der Waals surface area contributed by atoms with E-state index < -0.39 is 0 Å². The predicted octanol–water partition coefficient (Wildman–Crippen LogP) is 1.96. The van der Waals surface area contributed by atoms with Crippen LogP contribution in [0.5, 0.6) is 0 Å². The molecule has 2 aliphatic heterocycles. The highest BCUT2D eigenvalue weighted by Gasteiger charge is 2.23. The SMILES string of the molecule is c1ccc(CSc2ncnc3c(N4CCOCC4)nc(N4CCNCC4)nc23)cc1. The number of nitrogens with one attached hydrogen (secondary N) is 1. The van der Waals surface area contributed by atoms with Gasteiger partial charge in [0.15, 0.2) is 5.82 Å². The molecule has 156 valence electrons. The maximum Gasteiger partial charge on any atom is 0.228 e. The van der Waals surface area contributed by atoms with Crippen molar-refractivity contribution in [2.45, 2.75) is 10.8 Å². The van der Waals surface area contributed by atoms with Gasteiger partial charge in [-0.05, 0) is 5.56 Å². The van der Waals surface area contributed by atoms with Crippen molar-refractivity contribution in [2.24, 2.45) is 0 Å². The number of piperazine rings is 1. The van der Waals surface area contributed by atoms with Gasteiger partial charge in [0, 0.05) is 45.0 Å². The Hall–Kier alpha value is -2.49. The van der Waals surface area contributed by atoms with Crippen LogP contribution in [0.25, 0.3) is 11.0 Å². The Kier molecular flexibility index (Phi) is 5.91. The Morgan fingerprint density at radius 3 is 2.50 bits per heavy atom. The average molecular weight is 424 g/mol.